The third-order valence-electron chi connectivity index (χ3n) is 5.89. The fourth-order valence-corrected chi connectivity index (χ4v) is 4.35. The first-order valence-electron chi connectivity index (χ1n) is 10.2. The Balaban J connectivity index is 1.78. The number of fused-ring (bicyclic) bond motifs is 4. The second-order valence-electron chi connectivity index (χ2n) is 7.86. The highest BCUT2D eigenvalue weighted by Crippen LogP contribution is 2.43. The van der Waals surface area contributed by atoms with E-state index in [4.69, 9.17) is 8.83 Å². The van der Waals surface area contributed by atoms with E-state index in [1.165, 1.54) is 60.7 Å². The quantitative estimate of drug-likeness (QED) is 0.262. The minimum atomic E-state index is -0.616. The molecule has 0 spiro atoms. The largest absolute Gasteiger partial charge is 0.508 e. The standard InChI is InChI=1S/C26H14O8/c27-11-4-7-16-13(10-11)25(31)23-19(33-16)8-5-12(24(23)30)20-15(29)6-9-18-22(20)26(32)21-14(28)2-1-3-17(21)34-18/h1-10,27-30H. The summed E-state index contributed by atoms with van der Waals surface area (Å²) < 4.78 is 11.5. The molecule has 6 rings (SSSR count). The summed E-state index contributed by atoms with van der Waals surface area (Å²) in [5.41, 5.74) is -0.709. The third kappa shape index (κ3) is 2.59. The van der Waals surface area contributed by atoms with Gasteiger partial charge in [0.1, 0.15) is 56.1 Å². The number of phenolic OH excluding ortho intramolecular Hbond substituents is 4. The van der Waals surface area contributed by atoms with Gasteiger partial charge in [0, 0.05) is 11.1 Å². The van der Waals surface area contributed by atoms with Crippen LogP contribution in [0, 0.1) is 0 Å². The molecule has 8 nitrogen and oxygen atoms in total. The molecule has 0 fully saturated rings. The summed E-state index contributed by atoms with van der Waals surface area (Å²) in [5.74, 6) is -1.30. The van der Waals surface area contributed by atoms with Crippen LogP contribution < -0.4 is 10.9 Å². The van der Waals surface area contributed by atoms with Crippen molar-refractivity contribution in [1.29, 1.82) is 0 Å². The summed E-state index contributed by atoms with van der Waals surface area (Å²) in [5, 5.41) is 41.6. The SMILES string of the molecule is O=c1c2cc(O)ccc2oc2ccc(-c3c(O)ccc4oc5cccc(O)c5c(=O)c34)c(O)c12. The van der Waals surface area contributed by atoms with Crippen molar-refractivity contribution in [3.05, 3.63) is 81.1 Å². The Labute approximate surface area is 188 Å². The van der Waals surface area contributed by atoms with Crippen molar-refractivity contribution < 1.29 is 29.3 Å². The van der Waals surface area contributed by atoms with Gasteiger partial charge < -0.3 is 29.3 Å². The monoisotopic (exact) mass is 454 g/mol. The van der Waals surface area contributed by atoms with Gasteiger partial charge in [-0.3, -0.25) is 9.59 Å². The molecule has 0 radical (unpaired) electrons. The zero-order valence-corrected chi connectivity index (χ0v) is 17.2. The zero-order chi connectivity index (χ0) is 23.7. The molecule has 0 unspecified atom stereocenters. The van der Waals surface area contributed by atoms with Crippen molar-refractivity contribution in [3.63, 3.8) is 0 Å². The molecule has 0 atom stereocenters. The first kappa shape index (κ1) is 19.7. The lowest BCUT2D eigenvalue weighted by Crippen LogP contribution is -2.05. The lowest BCUT2D eigenvalue weighted by molar-refractivity contribution is 0.471. The van der Waals surface area contributed by atoms with E-state index in [-0.39, 0.29) is 72.3 Å². The van der Waals surface area contributed by atoms with Crippen LogP contribution in [0.4, 0.5) is 0 Å². The second-order valence-corrected chi connectivity index (χ2v) is 7.86. The number of phenols is 4. The summed E-state index contributed by atoms with van der Waals surface area (Å²) in [7, 11) is 0. The van der Waals surface area contributed by atoms with Gasteiger partial charge in [0.15, 0.2) is 0 Å². The molecule has 34 heavy (non-hydrogen) atoms. The van der Waals surface area contributed by atoms with Crippen LogP contribution in [0.15, 0.2) is 79.1 Å². The molecule has 0 aliphatic carbocycles. The molecular formula is C26H14O8. The van der Waals surface area contributed by atoms with E-state index in [9.17, 15) is 30.0 Å². The summed E-state index contributed by atoms with van der Waals surface area (Å²) >= 11 is 0. The van der Waals surface area contributed by atoms with Crippen LogP contribution >= 0.6 is 0 Å². The van der Waals surface area contributed by atoms with Gasteiger partial charge in [-0.1, -0.05) is 6.07 Å². The van der Waals surface area contributed by atoms with E-state index in [1.807, 2.05) is 0 Å². The van der Waals surface area contributed by atoms with Crippen LogP contribution in [-0.4, -0.2) is 20.4 Å². The van der Waals surface area contributed by atoms with Gasteiger partial charge in [0.25, 0.3) is 0 Å². The molecule has 0 saturated carbocycles. The first-order chi connectivity index (χ1) is 16.3. The van der Waals surface area contributed by atoms with E-state index >= 15 is 0 Å². The van der Waals surface area contributed by atoms with Gasteiger partial charge in [-0.25, -0.2) is 0 Å². The average molecular weight is 454 g/mol. The smallest absolute Gasteiger partial charge is 0.205 e. The van der Waals surface area contributed by atoms with Crippen LogP contribution in [0.3, 0.4) is 0 Å². The molecule has 4 aromatic carbocycles. The lowest BCUT2D eigenvalue weighted by atomic mass is 9.96. The van der Waals surface area contributed by atoms with E-state index in [1.54, 1.807) is 0 Å². The molecule has 0 aliphatic rings. The van der Waals surface area contributed by atoms with Crippen molar-refractivity contribution in [2.75, 3.05) is 0 Å². The minimum Gasteiger partial charge on any atom is -0.508 e. The van der Waals surface area contributed by atoms with Crippen LogP contribution in [-0.2, 0) is 0 Å². The topological polar surface area (TPSA) is 141 Å². The fraction of sp³-hybridized carbons (Fsp3) is 0. The second kappa shape index (κ2) is 6.76. The van der Waals surface area contributed by atoms with Gasteiger partial charge in [0.2, 0.25) is 10.9 Å². The molecular weight excluding hydrogens is 440 g/mol. The van der Waals surface area contributed by atoms with Crippen molar-refractivity contribution >= 4 is 43.9 Å². The van der Waals surface area contributed by atoms with Crippen LogP contribution in [0.2, 0.25) is 0 Å². The summed E-state index contributed by atoms with van der Waals surface area (Å²) in [6.07, 6.45) is 0. The summed E-state index contributed by atoms with van der Waals surface area (Å²) in [4.78, 5) is 26.6. The zero-order valence-electron chi connectivity index (χ0n) is 17.2. The maximum atomic E-state index is 13.4. The van der Waals surface area contributed by atoms with E-state index < -0.39 is 16.6 Å². The highest BCUT2D eigenvalue weighted by Gasteiger charge is 2.23. The van der Waals surface area contributed by atoms with Crippen LogP contribution in [0.25, 0.3) is 55.0 Å². The maximum absolute atomic E-state index is 13.4. The average Bonchev–Trinajstić information content (AvgIpc) is 2.81. The van der Waals surface area contributed by atoms with E-state index in [2.05, 4.69) is 0 Å². The number of hydrogen-bond donors (Lipinski definition) is 4. The molecule has 6 aromatic rings. The molecule has 0 aliphatic heterocycles. The summed E-state index contributed by atoms with van der Waals surface area (Å²) in [6.45, 7) is 0. The van der Waals surface area contributed by atoms with Crippen molar-refractivity contribution in [2.45, 2.75) is 0 Å². The number of aromatic hydroxyl groups is 4. The highest BCUT2D eigenvalue weighted by atomic mass is 16.3. The molecule has 2 aromatic heterocycles. The van der Waals surface area contributed by atoms with Crippen molar-refractivity contribution in [3.8, 4) is 34.1 Å². The van der Waals surface area contributed by atoms with Crippen molar-refractivity contribution in [2.24, 2.45) is 0 Å². The molecule has 0 bridgehead atoms. The molecule has 166 valence electrons. The highest BCUT2D eigenvalue weighted by molar-refractivity contribution is 6.06. The van der Waals surface area contributed by atoms with Crippen LogP contribution in [0.5, 0.6) is 23.0 Å². The number of rotatable bonds is 1. The molecule has 0 amide bonds. The van der Waals surface area contributed by atoms with Gasteiger partial charge in [0.05, 0.1) is 10.8 Å². The molecule has 2 heterocycles. The third-order valence-corrected chi connectivity index (χ3v) is 5.89. The number of benzene rings is 4. The molecule has 4 N–H and O–H groups in total. The van der Waals surface area contributed by atoms with E-state index in [0.29, 0.717) is 0 Å². The lowest BCUT2D eigenvalue weighted by Gasteiger charge is -2.13. The first-order valence-corrected chi connectivity index (χ1v) is 10.2. The Morgan fingerprint density at radius 1 is 0.588 bits per heavy atom. The maximum Gasteiger partial charge on any atom is 0.205 e. The van der Waals surface area contributed by atoms with Gasteiger partial charge in [-0.15, -0.1) is 0 Å². The molecule has 0 saturated heterocycles. The minimum absolute atomic E-state index is 0.00975. The van der Waals surface area contributed by atoms with Gasteiger partial charge >= 0.3 is 0 Å². The van der Waals surface area contributed by atoms with E-state index in [0.717, 1.165) is 0 Å². The predicted octanol–water partition coefficient (Wildman–Crippen LogP) is 4.70. The Bertz CT molecular complexity index is 1950. The van der Waals surface area contributed by atoms with Crippen molar-refractivity contribution in [1.82, 2.24) is 0 Å². The van der Waals surface area contributed by atoms with Gasteiger partial charge in [-0.2, -0.15) is 0 Å². The summed E-state index contributed by atoms with van der Waals surface area (Å²) in [6, 6.07) is 14.0. The number of hydrogen-bond acceptors (Lipinski definition) is 8. The van der Waals surface area contributed by atoms with Gasteiger partial charge in [-0.05, 0) is 54.6 Å². The predicted molar refractivity (Wildman–Crippen MR) is 126 cm³/mol. The normalized spacial score (nSPS) is 11.6. The molecule has 8 heteroatoms. The Morgan fingerprint density at radius 2 is 1.26 bits per heavy atom. The van der Waals surface area contributed by atoms with Crippen LogP contribution in [0.1, 0.15) is 0 Å². The fourth-order valence-electron chi connectivity index (χ4n) is 4.35. The Morgan fingerprint density at radius 3 is 2.09 bits per heavy atom. The Kier molecular flexibility index (Phi) is 3.91. The Hall–Kier alpha value is -4.98.